The van der Waals surface area contributed by atoms with Crippen molar-refractivity contribution in [2.75, 3.05) is 6.61 Å². The minimum Gasteiger partial charge on any atom is -0.598 e. The summed E-state index contributed by atoms with van der Waals surface area (Å²) in [5, 5.41) is 0.650. The summed E-state index contributed by atoms with van der Waals surface area (Å²) in [6.07, 6.45) is 2.41. The topological polar surface area (TPSA) is 44.3 Å². The molecule has 0 spiro atoms. The van der Waals surface area contributed by atoms with Crippen LogP contribution in [0.4, 0.5) is 0 Å². The van der Waals surface area contributed by atoms with Crippen LogP contribution in [0.1, 0.15) is 70.5 Å². The lowest BCUT2D eigenvalue weighted by molar-refractivity contribution is 0.336. The van der Waals surface area contributed by atoms with Gasteiger partial charge in [0, 0.05) is 11.4 Å². The van der Waals surface area contributed by atoms with Gasteiger partial charge in [-0.05, 0) is 64.5 Å². The molecule has 1 saturated carbocycles. The van der Waals surface area contributed by atoms with Gasteiger partial charge in [-0.1, -0.05) is 23.7 Å². The van der Waals surface area contributed by atoms with Crippen molar-refractivity contribution in [2.24, 2.45) is 0 Å². The van der Waals surface area contributed by atoms with Gasteiger partial charge in [0.1, 0.15) is 10.5 Å². The molecule has 0 aromatic heterocycles. The molecule has 0 radical (unpaired) electrons. The summed E-state index contributed by atoms with van der Waals surface area (Å²) in [6.45, 7) is 10.4. The molecular formula is C17H26ClNO2S. The molecule has 2 atom stereocenters. The third kappa shape index (κ3) is 4.10. The zero-order valence-electron chi connectivity index (χ0n) is 14.0. The first kappa shape index (κ1) is 17.9. The van der Waals surface area contributed by atoms with E-state index in [1.54, 1.807) is 0 Å². The third-order valence-corrected chi connectivity index (χ3v) is 5.84. The highest BCUT2D eigenvalue weighted by molar-refractivity contribution is 7.90. The molecule has 1 aromatic rings. The molecule has 1 fully saturated rings. The maximum Gasteiger partial charge on any atom is 0.141 e. The highest BCUT2D eigenvalue weighted by Gasteiger charge is 2.32. The SMILES string of the molecule is CCOc1c(C2CC2)ccc([C@@H](C)N[S+]([O-])C(C)(C)C)c1Cl. The summed E-state index contributed by atoms with van der Waals surface area (Å²) < 4.78 is 20.9. The minimum atomic E-state index is -1.14. The molecule has 1 aliphatic rings. The van der Waals surface area contributed by atoms with E-state index in [1.165, 1.54) is 18.4 Å². The average molecular weight is 344 g/mol. The highest BCUT2D eigenvalue weighted by atomic mass is 35.5. The zero-order chi connectivity index (χ0) is 16.5. The smallest absolute Gasteiger partial charge is 0.141 e. The second-order valence-electron chi connectivity index (χ2n) is 6.82. The van der Waals surface area contributed by atoms with Crippen LogP contribution in [0.25, 0.3) is 0 Å². The maximum atomic E-state index is 12.3. The molecule has 124 valence electrons. The van der Waals surface area contributed by atoms with Crippen molar-refractivity contribution in [2.45, 2.75) is 64.2 Å². The van der Waals surface area contributed by atoms with E-state index in [0.29, 0.717) is 17.5 Å². The molecule has 1 unspecified atom stereocenters. The van der Waals surface area contributed by atoms with Gasteiger partial charge >= 0.3 is 0 Å². The van der Waals surface area contributed by atoms with Crippen LogP contribution in [0.5, 0.6) is 5.75 Å². The third-order valence-electron chi connectivity index (χ3n) is 3.77. The lowest BCUT2D eigenvalue weighted by Gasteiger charge is -2.27. The van der Waals surface area contributed by atoms with E-state index in [-0.39, 0.29) is 10.8 Å². The molecule has 0 saturated heterocycles. The van der Waals surface area contributed by atoms with Gasteiger partial charge in [0.2, 0.25) is 0 Å². The molecule has 2 rings (SSSR count). The Kier molecular flexibility index (Phi) is 5.70. The van der Waals surface area contributed by atoms with E-state index in [0.717, 1.165) is 11.3 Å². The normalized spacial score (nSPS) is 18.1. The predicted octanol–water partition coefficient (Wildman–Crippen LogP) is 4.73. The van der Waals surface area contributed by atoms with E-state index in [2.05, 4.69) is 10.8 Å². The Bertz CT molecular complexity index is 526. The lowest BCUT2D eigenvalue weighted by Crippen LogP contribution is -2.40. The molecule has 0 bridgehead atoms. The fraction of sp³-hybridized carbons (Fsp3) is 0.647. The van der Waals surface area contributed by atoms with E-state index >= 15 is 0 Å². The first-order chi connectivity index (χ1) is 10.3. The lowest BCUT2D eigenvalue weighted by atomic mass is 10.0. The number of benzene rings is 1. The molecular weight excluding hydrogens is 318 g/mol. The second-order valence-corrected chi connectivity index (χ2v) is 9.19. The van der Waals surface area contributed by atoms with Gasteiger partial charge in [-0.25, -0.2) is 0 Å². The van der Waals surface area contributed by atoms with E-state index in [4.69, 9.17) is 16.3 Å². The van der Waals surface area contributed by atoms with E-state index < -0.39 is 11.4 Å². The number of nitrogens with one attached hydrogen (secondary N) is 1. The predicted molar refractivity (Wildman–Crippen MR) is 94.0 cm³/mol. The first-order valence-electron chi connectivity index (χ1n) is 7.88. The molecule has 1 aromatic carbocycles. The van der Waals surface area contributed by atoms with E-state index in [1.807, 2.05) is 40.7 Å². The van der Waals surface area contributed by atoms with Crippen LogP contribution in [0.3, 0.4) is 0 Å². The molecule has 1 N–H and O–H groups in total. The maximum absolute atomic E-state index is 12.3. The fourth-order valence-electron chi connectivity index (χ4n) is 2.33. The van der Waals surface area contributed by atoms with Gasteiger partial charge in [-0.15, -0.1) is 4.72 Å². The van der Waals surface area contributed by atoms with Crippen LogP contribution in [-0.4, -0.2) is 15.9 Å². The number of hydrogen-bond acceptors (Lipinski definition) is 3. The van der Waals surface area contributed by atoms with Crippen molar-refractivity contribution in [1.82, 2.24) is 4.72 Å². The Hall–Kier alpha value is -0.420. The van der Waals surface area contributed by atoms with Crippen LogP contribution in [-0.2, 0) is 11.4 Å². The molecule has 3 nitrogen and oxygen atoms in total. The molecule has 0 amide bonds. The number of rotatable bonds is 6. The Morgan fingerprint density at radius 2 is 2.05 bits per heavy atom. The fourth-order valence-corrected chi connectivity index (χ4v) is 3.52. The van der Waals surface area contributed by atoms with Crippen molar-refractivity contribution >= 4 is 23.0 Å². The number of ether oxygens (including phenoxy) is 1. The summed E-state index contributed by atoms with van der Waals surface area (Å²) in [4.78, 5) is 0. The largest absolute Gasteiger partial charge is 0.598 e. The summed E-state index contributed by atoms with van der Waals surface area (Å²) >= 11 is 5.46. The first-order valence-corrected chi connectivity index (χ1v) is 9.41. The number of hydrogen-bond donors (Lipinski definition) is 1. The van der Waals surface area contributed by atoms with Crippen LogP contribution < -0.4 is 9.46 Å². The zero-order valence-corrected chi connectivity index (χ0v) is 15.6. The van der Waals surface area contributed by atoms with Crippen LogP contribution in [0.15, 0.2) is 12.1 Å². The van der Waals surface area contributed by atoms with Gasteiger partial charge < -0.3 is 9.29 Å². The van der Waals surface area contributed by atoms with Gasteiger partial charge in [0.05, 0.1) is 17.7 Å². The Morgan fingerprint density at radius 3 is 2.55 bits per heavy atom. The van der Waals surface area contributed by atoms with Crippen molar-refractivity contribution in [3.8, 4) is 5.75 Å². The molecule has 22 heavy (non-hydrogen) atoms. The van der Waals surface area contributed by atoms with Gasteiger partial charge in [0.25, 0.3) is 0 Å². The summed E-state index contributed by atoms with van der Waals surface area (Å²) in [7, 11) is 0. The molecule has 0 aliphatic heterocycles. The highest BCUT2D eigenvalue weighted by Crippen LogP contribution is 2.48. The van der Waals surface area contributed by atoms with Crippen molar-refractivity contribution in [1.29, 1.82) is 0 Å². The molecule has 1 aliphatic carbocycles. The molecule has 5 heteroatoms. The standard InChI is InChI=1S/C17H26ClNO2S/c1-6-21-16-14(12-7-8-12)10-9-13(15(16)18)11(2)19-22(20)17(3,4)5/h9-12,19H,6-8H2,1-5H3/t11-,22?/m1/s1. The van der Waals surface area contributed by atoms with Crippen molar-refractivity contribution < 1.29 is 9.29 Å². The Balaban J connectivity index is 2.25. The monoisotopic (exact) mass is 343 g/mol. The summed E-state index contributed by atoms with van der Waals surface area (Å²) in [5.74, 6) is 1.39. The minimum absolute atomic E-state index is 0.0972. The van der Waals surface area contributed by atoms with Crippen molar-refractivity contribution in [3.63, 3.8) is 0 Å². The van der Waals surface area contributed by atoms with Gasteiger partial charge in [-0.3, -0.25) is 0 Å². The van der Waals surface area contributed by atoms with E-state index in [9.17, 15) is 4.55 Å². The Morgan fingerprint density at radius 1 is 1.41 bits per heavy atom. The summed E-state index contributed by atoms with van der Waals surface area (Å²) in [6, 6.07) is 4.05. The quantitative estimate of drug-likeness (QED) is 0.759. The van der Waals surface area contributed by atoms with Crippen LogP contribution in [0, 0.1) is 0 Å². The van der Waals surface area contributed by atoms with Gasteiger partial charge in [0.15, 0.2) is 0 Å². The molecule has 0 heterocycles. The van der Waals surface area contributed by atoms with Crippen molar-refractivity contribution in [3.05, 3.63) is 28.3 Å². The van der Waals surface area contributed by atoms with Crippen LogP contribution in [0.2, 0.25) is 5.02 Å². The van der Waals surface area contributed by atoms with Crippen LogP contribution >= 0.6 is 11.6 Å². The second kappa shape index (κ2) is 7.00. The van der Waals surface area contributed by atoms with Gasteiger partial charge in [-0.2, -0.15) is 0 Å². The Labute approximate surface area is 142 Å². The summed E-state index contributed by atoms with van der Waals surface area (Å²) in [5.41, 5.74) is 2.15. The number of halogens is 1. The average Bonchev–Trinajstić information content (AvgIpc) is 3.24.